The Hall–Kier alpha value is -1.46. The van der Waals surface area contributed by atoms with Gasteiger partial charge in [-0.25, -0.2) is 8.42 Å². The Labute approximate surface area is 162 Å². The second-order valence-corrected chi connectivity index (χ2v) is 10.5. The number of benzene rings is 1. The van der Waals surface area contributed by atoms with Gasteiger partial charge >= 0.3 is 0 Å². The van der Waals surface area contributed by atoms with Gasteiger partial charge in [-0.1, -0.05) is 30.3 Å². The Morgan fingerprint density at radius 1 is 1.26 bits per heavy atom. The predicted octanol–water partition coefficient (Wildman–Crippen LogP) is 1.38. The molecule has 3 fully saturated rings. The molecule has 0 spiro atoms. The van der Waals surface area contributed by atoms with Crippen LogP contribution >= 0.6 is 0 Å². The minimum atomic E-state index is -3.14. The zero-order valence-corrected chi connectivity index (χ0v) is 16.7. The van der Waals surface area contributed by atoms with E-state index in [4.69, 9.17) is 0 Å². The average molecular weight is 389 g/mol. The van der Waals surface area contributed by atoms with Crippen molar-refractivity contribution in [2.24, 2.45) is 5.92 Å². The quantitative estimate of drug-likeness (QED) is 0.728. The topological polar surface area (TPSA) is 76.4 Å². The molecule has 2 saturated heterocycles. The predicted molar refractivity (Wildman–Crippen MR) is 105 cm³/mol. The third-order valence-corrected chi connectivity index (χ3v) is 8.20. The molecule has 2 heterocycles. The number of hydrogen-bond acceptors (Lipinski definition) is 5. The molecule has 0 radical (unpaired) electrons. The van der Waals surface area contributed by atoms with Gasteiger partial charge in [0.05, 0.1) is 23.8 Å². The van der Waals surface area contributed by atoms with Gasteiger partial charge in [0.25, 0.3) is 0 Å². The maximum Gasteiger partial charge on any atom is 0.213 e. The van der Waals surface area contributed by atoms with Crippen LogP contribution in [0.4, 0.5) is 0 Å². The summed E-state index contributed by atoms with van der Waals surface area (Å²) >= 11 is 0. The van der Waals surface area contributed by atoms with Crippen LogP contribution in [0.25, 0.3) is 0 Å². The second kappa shape index (κ2) is 7.17. The van der Waals surface area contributed by atoms with E-state index in [2.05, 4.69) is 46.6 Å². The normalized spacial score (nSPS) is 28.1. The summed E-state index contributed by atoms with van der Waals surface area (Å²) in [4.78, 5) is 2.33. The molecule has 7 heteroatoms. The van der Waals surface area contributed by atoms with E-state index in [1.165, 1.54) is 16.3 Å². The third kappa shape index (κ3) is 3.64. The summed E-state index contributed by atoms with van der Waals surface area (Å²) in [6.45, 7) is 5.52. The van der Waals surface area contributed by atoms with Crippen molar-refractivity contribution < 1.29 is 8.42 Å². The van der Waals surface area contributed by atoms with E-state index in [0.717, 1.165) is 19.6 Å². The van der Waals surface area contributed by atoms with E-state index in [1.807, 2.05) is 0 Å². The lowest BCUT2D eigenvalue weighted by molar-refractivity contribution is -0.0751. The highest BCUT2D eigenvalue weighted by atomic mass is 32.2. The van der Waals surface area contributed by atoms with Crippen LogP contribution in [-0.2, 0) is 10.0 Å². The lowest BCUT2D eigenvalue weighted by Gasteiger charge is -2.59. The van der Waals surface area contributed by atoms with Crippen LogP contribution in [0.1, 0.15) is 31.2 Å². The molecule has 6 nitrogen and oxygen atoms in total. The number of nitrogens with zero attached hydrogens (tertiary/aromatic N) is 3. The van der Waals surface area contributed by atoms with Crippen LogP contribution in [0.3, 0.4) is 0 Å². The van der Waals surface area contributed by atoms with Gasteiger partial charge in [-0.05, 0) is 24.8 Å². The first kappa shape index (κ1) is 18.9. The summed E-state index contributed by atoms with van der Waals surface area (Å²) in [6.07, 6.45) is 1.62. The molecule has 0 aromatic heterocycles. The summed E-state index contributed by atoms with van der Waals surface area (Å²) in [5.41, 5.74) is 1.16. The second-order valence-electron chi connectivity index (χ2n) is 8.27. The van der Waals surface area contributed by atoms with Crippen LogP contribution in [0.2, 0.25) is 0 Å². The Morgan fingerprint density at radius 2 is 1.96 bits per heavy atom. The van der Waals surface area contributed by atoms with Crippen LogP contribution in [0.5, 0.6) is 0 Å². The maximum absolute atomic E-state index is 12.0. The Kier molecular flexibility index (Phi) is 5.02. The van der Waals surface area contributed by atoms with E-state index in [9.17, 15) is 13.7 Å². The molecule has 1 aromatic carbocycles. The Balaban J connectivity index is 1.23. The van der Waals surface area contributed by atoms with Crippen molar-refractivity contribution in [2.75, 3.05) is 38.5 Å². The van der Waals surface area contributed by atoms with Crippen molar-refractivity contribution in [1.29, 1.82) is 5.26 Å². The van der Waals surface area contributed by atoms with E-state index >= 15 is 0 Å². The fourth-order valence-corrected chi connectivity index (χ4v) is 5.69. The monoisotopic (exact) mass is 388 g/mol. The summed E-state index contributed by atoms with van der Waals surface area (Å²) in [6, 6.07) is 13.5. The van der Waals surface area contributed by atoms with Gasteiger partial charge in [0, 0.05) is 44.7 Å². The fourth-order valence-electron chi connectivity index (χ4n) is 4.45. The zero-order valence-electron chi connectivity index (χ0n) is 15.8. The van der Waals surface area contributed by atoms with Crippen molar-refractivity contribution in [3.8, 4) is 6.07 Å². The molecular formula is C20H28N4O2S. The highest BCUT2D eigenvalue weighted by Gasteiger charge is 2.54. The largest absolute Gasteiger partial charge is 0.313 e. The molecule has 27 heavy (non-hydrogen) atoms. The molecule has 0 amide bonds. The van der Waals surface area contributed by atoms with Crippen LogP contribution in [0.15, 0.2) is 30.3 Å². The van der Waals surface area contributed by atoms with Crippen LogP contribution in [0, 0.1) is 17.2 Å². The van der Waals surface area contributed by atoms with E-state index in [-0.39, 0.29) is 11.3 Å². The molecule has 1 N–H and O–H groups in total. The first-order valence-corrected chi connectivity index (χ1v) is 11.5. The van der Waals surface area contributed by atoms with Gasteiger partial charge in [0.1, 0.15) is 0 Å². The van der Waals surface area contributed by atoms with Crippen molar-refractivity contribution in [3.63, 3.8) is 0 Å². The Bertz CT molecular complexity index is 808. The lowest BCUT2D eigenvalue weighted by Crippen LogP contribution is -2.75. The highest BCUT2D eigenvalue weighted by molar-refractivity contribution is 7.89. The number of likely N-dealkylation sites (tertiary alicyclic amines) is 1. The summed E-state index contributed by atoms with van der Waals surface area (Å²) in [7, 11) is -3.14. The van der Waals surface area contributed by atoms with E-state index in [0.29, 0.717) is 37.4 Å². The Morgan fingerprint density at radius 3 is 2.59 bits per heavy atom. The van der Waals surface area contributed by atoms with Gasteiger partial charge in [0.2, 0.25) is 10.0 Å². The van der Waals surface area contributed by atoms with Crippen molar-refractivity contribution in [2.45, 2.75) is 37.3 Å². The standard InChI is InChI=1S/C20H28N4O2S/c1-2-27(25,26)24-14-20(15-24,8-9-21)23-12-16(13-23)11-22-19-10-18(19)17-6-4-3-5-7-17/h3-7,16,18-19,22H,2,8,10-15H2,1H3/t18?,19-/m0/s1. The van der Waals surface area contributed by atoms with Crippen molar-refractivity contribution in [1.82, 2.24) is 14.5 Å². The van der Waals surface area contributed by atoms with Gasteiger partial charge < -0.3 is 5.32 Å². The SMILES string of the molecule is CCS(=O)(=O)N1CC(CC#N)(N2CC(CN[C@H]3CC3c3ccccc3)C2)C1. The first-order valence-electron chi connectivity index (χ1n) is 9.85. The summed E-state index contributed by atoms with van der Waals surface area (Å²) in [5, 5.41) is 12.9. The van der Waals surface area contributed by atoms with E-state index in [1.54, 1.807) is 6.92 Å². The molecule has 1 unspecified atom stereocenters. The first-order chi connectivity index (χ1) is 13.0. The zero-order chi connectivity index (χ0) is 19.1. The average Bonchev–Trinajstić information content (AvgIpc) is 3.37. The molecule has 0 bridgehead atoms. The van der Waals surface area contributed by atoms with Crippen LogP contribution in [-0.4, -0.2) is 67.7 Å². The molecule has 1 saturated carbocycles. The summed E-state index contributed by atoms with van der Waals surface area (Å²) in [5.74, 6) is 1.37. The fraction of sp³-hybridized carbons (Fsp3) is 0.650. The minimum Gasteiger partial charge on any atom is -0.313 e. The van der Waals surface area contributed by atoms with Crippen LogP contribution < -0.4 is 5.32 Å². The van der Waals surface area contributed by atoms with Gasteiger partial charge in [-0.3, -0.25) is 4.90 Å². The molecule has 4 rings (SSSR count). The molecule has 2 aliphatic heterocycles. The molecule has 3 aliphatic rings. The summed E-state index contributed by atoms with van der Waals surface area (Å²) < 4.78 is 25.6. The molecule has 1 aromatic rings. The molecule has 1 aliphatic carbocycles. The van der Waals surface area contributed by atoms with Crippen molar-refractivity contribution in [3.05, 3.63) is 35.9 Å². The number of hydrogen-bond donors (Lipinski definition) is 1. The number of nitrogens with one attached hydrogen (secondary N) is 1. The van der Waals surface area contributed by atoms with Gasteiger partial charge in [-0.2, -0.15) is 9.57 Å². The minimum absolute atomic E-state index is 0.131. The smallest absolute Gasteiger partial charge is 0.213 e. The number of rotatable bonds is 8. The highest BCUT2D eigenvalue weighted by Crippen LogP contribution is 2.41. The van der Waals surface area contributed by atoms with Crippen molar-refractivity contribution >= 4 is 10.0 Å². The molecular weight excluding hydrogens is 360 g/mol. The number of sulfonamides is 1. The maximum atomic E-state index is 12.0. The lowest BCUT2D eigenvalue weighted by atomic mass is 9.81. The molecule has 2 atom stereocenters. The third-order valence-electron chi connectivity index (χ3n) is 6.42. The molecule has 146 valence electrons. The van der Waals surface area contributed by atoms with E-state index < -0.39 is 10.0 Å². The number of nitriles is 1. The van der Waals surface area contributed by atoms with Gasteiger partial charge in [0.15, 0.2) is 0 Å². The van der Waals surface area contributed by atoms with Gasteiger partial charge in [-0.15, -0.1) is 0 Å².